The monoisotopic (exact) mass is 347 g/mol. The third kappa shape index (κ3) is 4.11. The highest BCUT2D eigenvalue weighted by atomic mass is 32.1. The van der Waals surface area contributed by atoms with Gasteiger partial charge in [-0.1, -0.05) is 0 Å². The third-order valence-electron chi connectivity index (χ3n) is 3.07. The molecule has 0 aliphatic rings. The van der Waals surface area contributed by atoms with E-state index in [4.69, 9.17) is 26.4 Å². The molecule has 1 aromatic heterocycles. The average Bonchev–Trinajstić information content (AvgIpc) is 2.60. The van der Waals surface area contributed by atoms with Gasteiger partial charge in [-0.3, -0.25) is 15.1 Å². The Morgan fingerprint density at radius 1 is 1.12 bits per heavy atom. The van der Waals surface area contributed by atoms with Gasteiger partial charge in [0.1, 0.15) is 0 Å². The second kappa shape index (κ2) is 8.11. The van der Waals surface area contributed by atoms with Gasteiger partial charge in [0.2, 0.25) is 5.75 Å². The van der Waals surface area contributed by atoms with E-state index in [1.165, 1.54) is 21.3 Å². The Morgan fingerprint density at radius 2 is 1.79 bits per heavy atom. The number of amides is 1. The van der Waals surface area contributed by atoms with E-state index in [0.29, 0.717) is 28.5 Å². The Morgan fingerprint density at radius 3 is 2.29 bits per heavy atom. The number of benzene rings is 1. The van der Waals surface area contributed by atoms with Crippen molar-refractivity contribution >= 4 is 28.9 Å². The summed E-state index contributed by atoms with van der Waals surface area (Å²) < 4.78 is 15.7. The van der Waals surface area contributed by atoms with Crippen LogP contribution in [0.3, 0.4) is 0 Å². The van der Waals surface area contributed by atoms with E-state index in [-0.39, 0.29) is 5.11 Å². The Hall–Kier alpha value is -2.87. The second-order valence-electron chi connectivity index (χ2n) is 4.56. The number of thiocarbonyl (C=S) groups is 1. The summed E-state index contributed by atoms with van der Waals surface area (Å²) in [5, 5.41) is 5.61. The second-order valence-corrected chi connectivity index (χ2v) is 4.97. The predicted molar refractivity (Wildman–Crippen MR) is 94.0 cm³/mol. The van der Waals surface area contributed by atoms with Gasteiger partial charge >= 0.3 is 0 Å². The highest BCUT2D eigenvalue weighted by molar-refractivity contribution is 7.80. The zero-order valence-electron chi connectivity index (χ0n) is 13.5. The SMILES string of the molecule is COc1cc(C(=O)NC(=S)Nc2cccnc2)cc(OC)c1OC. The first-order valence-corrected chi connectivity index (χ1v) is 7.32. The molecule has 0 saturated carbocycles. The van der Waals surface area contributed by atoms with Crippen LogP contribution in [0.2, 0.25) is 0 Å². The maximum Gasteiger partial charge on any atom is 0.257 e. The van der Waals surface area contributed by atoms with Crippen LogP contribution in [0.4, 0.5) is 5.69 Å². The van der Waals surface area contributed by atoms with Crippen LogP contribution in [0, 0.1) is 0 Å². The molecule has 0 aliphatic heterocycles. The molecule has 2 aromatic rings. The lowest BCUT2D eigenvalue weighted by Gasteiger charge is -2.14. The van der Waals surface area contributed by atoms with E-state index >= 15 is 0 Å². The van der Waals surface area contributed by atoms with Crippen molar-refractivity contribution in [3.63, 3.8) is 0 Å². The lowest BCUT2D eigenvalue weighted by atomic mass is 10.1. The van der Waals surface area contributed by atoms with E-state index in [2.05, 4.69) is 15.6 Å². The van der Waals surface area contributed by atoms with Crippen molar-refractivity contribution in [2.24, 2.45) is 0 Å². The fourth-order valence-corrected chi connectivity index (χ4v) is 2.20. The Bertz CT molecular complexity index is 712. The topological polar surface area (TPSA) is 81.7 Å². The molecule has 1 heterocycles. The molecular formula is C16H17N3O4S. The summed E-state index contributed by atoms with van der Waals surface area (Å²) in [6, 6.07) is 6.63. The number of methoxy groups -OCH3 is 3. The summed E-state index contributed by atoms with van der Waals surface area (Å²) in [5.74, 6) is 0.768. The van der Waals surface area contributed by atoms with Gasteiger partial charge in [-0.2, -0.15) is 0 Å². The first kappa shape index (κ1) is 17.5. The Kier molecular flexibility index (Phi) is 5.91. The minimum Gasteiger partial charge on any atom is -0.493 e. The number of nitrogens with one attached hydrogen (secondary N) is 2. The van der Waals surface area contributed by atoms with Crippen molar-refractivity contribution in [3.8, 4) is 17.2 Å². The summed E-state index contributed by atoms with van der Waals surface area (Å²) in [6.07, 6.45) is 3.24. The Balaban J connectivity index is 2.16. The fourth-order valence-electron chi connectivity index (χ4n) is 1.99. The molecule has 8 heteroatoms. The van der Waals surface area contributed by atoms with E-state index in [1.807, 2.05) is 0 Å². The van der Waals surface area contributed by atoms with E-state index in [9.17, 15) is 4.79 Å². The van der Waals surface area contributed by atoms with Crippen LogP contribution >= 0.6 is 12.2 Å². The van der Waals surface area contributed by atoms with Crippen LogP contribution < -0.4 is 24.8 Å². The van der Waals surface area contributed by atoms with Crippen LogP contribution in [-0.2, 0) is 0 Å². The highest BCUT2D eigenvalue weighted by Gasteiger charge is 2.17. The summed E-state index contributed by atoms with van der Waals surface area (Å²) in [6.45, 7) is 0. The standard InChI is InChI=1S/C16H17N3O4S/c1-21-12-7-10(8-13(22-2)14(12)23-3)15(20)19-16(24)18-11-5-4-6-17-9-11/h4-9H,1-3H3,(H2,18,19,20,24). The van der Waals surface area contributed by atoms with Gasteiger partial charge in [0, 0.05) is 11.8 Å². The molecule has 1 amide bonds. The molecule has 0 aliphatic carbocycles. The van der Waals surface area contributed by atoms with Gasteiger partial charge in [-0.15, -0.1) is 0 Å². The average molecular weight is 347 g/mol. The van der Waals surface area contributed by atoms with Crippen LogP contribution in [-0.4, -0.2) is 37.3 Å². The molecule has 0 spiro atoms. The van der Waals surface area contributed by atoms with Gasteiger partial charge in [0.05, 0.1) is 33.2 Å². The molecule has 24 heavy (non-hydrogen) atoms. The number of hydrogen-bond donors (Lipinski definition) is 2. The number of hydrogen-bond acceptors (Lipinski definition) is 6. The van der Waals surface area contributed by atoms with Crippen molar-refractivity contribution < 1.29 is 19.0 Å². The molecule has 0 fully saturated rings. The van der Waals surface area contributed by atoms with Crippen molar-refractivity contribution in [1.82, 2.24) is 10.3 Å². The van der Waals surface area contributed by atoms with Gasteiger partial charge in [-0.25, -0.2) is 0 Å². The fraction of sp³-hybridized carbons (Fsp3) is 0.188. The number of rotatable bonds is 5. The van der Waals surface area contributed by atoms with E-state index < -0.39 is 5.91 Å². The molecule has 0 radical (unpaired) electrons. The van der Waals surface area contributed by atoms with Crippen LogP contribution in [0.25, 0.3) is 0 Å². The summed E-state index contributed by atoms with van der Waals surface area (Å²) >= 11 is 5.13. The molecule has 1 aromatic carbocycles. The van der Waals surface area contributed by atoms with Crippen molar-refractivity contribution in [3.05, 3.63) is 42.2 Å². The number of carbonyl (C=O) groups is 1. The van der Waals surface area contributed by atoms with Gasteiger partial charge in [0.15, 0.2) is 16.6 Å². The van der Waals surface area contributed by atoms with Gasteiger partial charge in [-0.05, 0) is 36.5 Å². The molecule has 0 atom stereocenters. The number of carbonyl (C=O) groups excluding carboxylic acids is 1. The zero-order chi connectivity index (χ0) is 17.5. The lowest BCUT2D eigenvalue weighted by Crippen LogP contribution is -2.34. The summed E-state index contributed by atoms with van der Waals surface area (Å²) in [7, 11) is 4.45. The minimum atomic E-state index is -0.407. The first-order valence-electron chi connectivity index (χ1n) is 6.91. The number of ether oxygens (including phenoxy) is 3. The normalized spacial score (nSPS) is 9.79. The molecule has 0 saturated heterocycles. The zero-order valence-corrected chi connectivity index (χ0v) is 14.3. The number of pyridine rings is 1. The third-order valence-corrected chi connectivity index (χ3v) is 3.28. The van der Waals surface area contributed by atoms with Crippen molar-refractivity contribution in [1.29, 1.82) is 0 Å². The van der Waals surface area contributed by atoms with E-state index in [0.717, 1.165) is 0 Å². The molecular weight excluding hydrogens is 330 g/mol. The number of aromatic nitrogens is 1. The van der Waals surface area contributed by atoms with Crippen LogP contribution in [0.1, 0.15) is 10.4 Å². The number of nitrogens with zero attached hydrogens (tertiary/aromatic N) is 1. The largest absolute Gasteiger partial charge is 0.493 e. The van der Waals surface area contributed by atoms with Crippen molar-refractivity contribution in [2.75, 3.05) is 26.6 Å². The Labute approximate surface area is 144 Å². The van der Waals surface area contributed by atoms with Crippen LogP contribution in [0.5, 0.6) is 17.2 Å². The highest BCUT2D eigenvalue weighted by Crippen LogP contribution is 2.38. The quantitative estimate of drug-likeness (QED) is 0.803. The molecule has 7 nitrogen and oxygen atoms in total. The maximum atomic E-state index is 12.4. The summed E-state index contributed by atoms with van der Waals surface area (Å²) in [4.78, 5) is 16.3. The smallest absolute Gasteiger partial charge is 0.257 e. The molecule has 0 unspecified atom stereocenters. The van der Waals surface area contributed by atoms with Crippen LogP contribution in [0.15, 0.2) is 36.7 Å². The number of anilines is 1. The molecule has 2 N–H and O–H groups in total. The maximum absolute atomic E-state index is 12.4. The molecule has 126 valence electrons. The van der Waals surface area contributed by atoms with E-state index in [1.54, 1.807) is 36.7 Å². The summed E-state index contributed by atoms with van der Waals surface area (Å²) in [5.41, 5.74) is 0.993. The predicted octanol–water partition coefficient (Wildman–Crippen LogP) is 2.23. The lowest BCUT2D eigenvalue weighted by molar-refractivity contribution is 0.0977. The minimum absolute atomic E-state index is 0.154. The first-order chi connectivity index (χ1) is 11.6. The van der Waals surface area contributed by atoms with Gasteiger partial charge in [0.25, 0.3) is 5.91 Å². The molecule has 2 rings (SSSR count). The molecule has 0 bridgehead atoms. The van der Waals surface area contributed by atoms with Crippen molar-refractivity contribution in [2.45, 2.75) is 0 Å². The van der Waals surface area contributed by atoms with Gasteiger partial charge < -0.3 is 19.5 Å².